The second-order valence-corrected chi connectivity index (χ2v) is 9.19. The summed E-state index contributed by atoms with van der Waals surface area (Å²) < 4.78 is 16.5. The van der Waals surface area contributed by atoms with Crippen LogP contribution in [0.25, 0.3) is 22.5 Å². The number of hydrogen-bond donors (Lipinski definition) is 0. The van der Waals surface area contributed by atoms with Crippen LogP contribution < -0.4 is 14.2 Å². The van der Waals surface area contributed by atoms with Crippen LogP contribution in [0.5, 0.6) is 17.2 Å². The molecule has 0 N–H and O–H groups in total. The molecule has 0 radical (unpaired) electrons. The predicted molar refractivity (Wildman–Crippen MR) is 144 cm³/mol. The van der Waals surface area contributed by atoms with Gasteiger partial charge in [-0.05, 0) is 74.0 Å². The first-order valence-electron chi connectivity index (χ1n) is 12.5. The van der Waals surface area contributed by atoms with Crippen molar-refractivity contribution in [3.63, 3.8) is 0 Å². The van der Waals surface area contributed by atoms with Gasteiger partial charge in [0.25, 0.3) is 0 Å². The third-order valence-corrected chi connectivity index (χ3v) is 6.99. The Morgan fingerprint density at radius 2 is 1.59 bits per heavy atom. The monoisotopic (exact) mass is 496 g/mol. The average Bonchev–Trinajstić information content (AvgIpc) is 2.97. The molecule has 0 spiro atoms. The van der Waals surface area contributed by atoms with E-state index in [-0.39, 0.29) is 0 Å². The number of rotatable bonds is 8. The lowest BCUT2D eigenvalue weighted by molar-refractivity contribution is 0.201. The van der Waals surface area contributed by atoms with Crippen molar-refractivity contribution in [3.8, 4) is 39.8 Å². The van der Waals surface area contributed by atoms with Crippen LogP contribution in [0, 0.1) is 0 Å². The van der Waals surface area contributed by atoms with E-state index in [4.69, 9.17) is 24.2 Å². The van der Waals surface area contributed by atoms with Gasteiger partial charge in [0.1, 0.15) is 17.2 Å². The van der Waals surface area contributed by atoms with Crippen LogP contribution in [0.1, 0.15) is 30.0 Å². The standard InChI is InChI=1S/C30H32N4O3/c1-35-25-6-4-5-23(17-25)27-19-32-30(22-9-13-31-14-10-22)33-29(27)21-11-15-34(16-12-21)20-24-18-26(36-2)7-8-28(24)37-3/h4-10,13-14,17-19,21H,11-12,15-16,20H2,1-3H3. The summed E-state index contributed by atoms with van der Waals surface area (Å²) in [4.78, 5) is 16.5. The molecule has 0 atom stereocenters. The van der Waals surface area contributed by atoms with E-state index in [1.54, 1.807) is 33.7 Å². The van der Waals surface area contributed by atoms with Gasteiger partial charge in [0.15, 0.2) is 5.82 Å². The average molecular weight is 497 g/mol. The first-order chi connectivity index (χ1) is 18.2. The highest BCUT2D eigenvalue weighted by Crippen LogP contribution is 2.37. The Labute approximate surface area is 218 Å². The molecule has 0 amide bonds. The first kappa shape index (κ1) is 24.7. The van der Waals surface area contributed by atoms with E-state index in [1.165, 1.54) is 0 Å². The van der Waals surface area contributed by atoms with Crippen molar-refractivity contribution in [1.29, 1.82) is 0 Å². The highest BCUT2D eigenvalue weighted by atomic mass is 16.5. The van der Waals surface area contributed by atoms with Crippen molar-refractivity contribution in [1.82, 2.24) is 19.9 Å². The third-order valence-electron chi connectivity index (χ3n) is 6.99. The van der Waals surface area contributed by atoms with E-state index in [1.807, 2.05) is 42.6 Å². The molecule has 1 aliphatic heterocycles. The van der Waals surface area contributed by atoms with Crippen molar-refractivity contribution in [2.75, 3.05) is 34.4 Å². The number of ether oxygens (including phenoxy) is 3. The summed E-state index contributed by atoms with van der Waals surface area (Å²) in [5, 5.41) is 0. The Morgan fingerprint density at radius 3 is 2.32 bits per heavy atom. The van der Waals surface area contributed by atoms with E-state index < -0.39 is 0 Å². The lowest BCUT2D eigenvalue weighted by Crippen LogP contribution is -2.33. The molecule has 0 saturated carbocycles. The fraction of sp³-hybridized carbons (Fsp3) is 0.300. The summed E-state index contributed by atoms with van der Waals surface area (Å²) in [6, 6.07) is 18.0. The molecule has 1 fully saturated rings. The summed E-state index contributed by atoms with van der Waals surface area (Å²) >= 11 is 0. The number of piperidine rings is 1. The minimum absolute atomic E-state index is 0.327. The van der Waals surface area contributed by atoms with Gasteiger partial charge in [0, 0.05) is 47.7 Å². The second-order valence-electron chi connectivity index (χ2n) is 9.19. The van der Waals surface area contributed by atoms with Crippen molar-refractivity contribution in [3.05, 3.63) is 84.4 Å². The molecule has 5 rings (SSSR count). The van der Waals surface area contributed by atoms with E-state index >= 15 is 0 Å². The fourth-order valence-electron chi connectivity index (χ4n) is 4.97. The maximum Gasteiger partial charge on any atom is 0.159 e. The molecule has 7 nitrogen and oxygen atoms in total. The molecule has 2 aromatic heterocycles. The maximum atomic E-state index is 5.60. The minimum Gasteiger partial charge on any atom is -0.497 e. The zero-order valence-corrected chi connectivity index (χ0v) is 21.6. The number of benzene rings is 2. The van der Waals surface area contributed by atoms with Crippen LogP contribution in [-0.2, 0) is 6.54 Å². The van der Waals surface area contributed by atoms with E-state index in [0.717, 1.165) is 83.5 Å². The largest absolute Gasteiger partial charge is 0.497 e. The van der Waals surface area contributed by atoms with Gasteiger partial charge in [-0.2, -0.15) is 0 Å². The number of pyridine rings is 1. The molecule has 0 unspecified atom stereocenters. The van der Waals surface area contributed by atoms with Crippen LogP contribution in [0.4, 0.5) is 0 Å². The number of methoxy groups -OCH3 is 3. The van der Waals surface area contributed by atoms with Crippen molar-refractivity contribution in [2.24, 2.45) is 0 Å². The highest BCUT2D eigenvalue weighted by molar-refractivity contribution is 5.69. The number of nitrogens with zero attached hydrogens (tertiary/aromatic N) is 4. The molecular formula is C30H32N4O3. The van der Waals surface area contributed by atoms with E-state index in [9.17, 15) is 0 Å². The molecule has 190 valence electrons. The summed E-state index contributed by atoms with van der Waals surface area (Å²) in [7, 11) is 5.10. The Bertz CT molecular complexity index is 1340. The van der Waals surface area contributed by atoms with Crippen LogP contribution in [0.3, 0.4) is 0 Å². The Kier molecular flexibility index (Phi) is 7.61. The van der Waals surface area contributed by atoms with Crippen molar-refractivity contribution >= 4 is 0 Å². The van der Waals surface area contributed by atoms with E-state index in [0.29, 0.717) is 5.92 Å². The van der Waals surface area contributed by atoms with Crippen LogP contribution in [0.2, 0.25) is 0 Å². The SMILES string of the molecule is COc1cccc(-c2cnc(-c3ccncc3)nc2C2CCN(Cc3cc(OC)ccc3OC)CC2)c1. The molecule has 4 aromatic rings. The molecule has 1 saturated heterocycles. The third kappa shape index (κ3) is 5.57. The van der Waals surface area contributed by atoms with Gasteiger partial charge in [-0.3, -0.25) is 9.88 Å². The minimum atomic E-state index is 0.327. The number of hydrogen-bond acceptors (Lipinski definition) is 7. The van der Waals surface area contributed by atoms with Crippen molar-refractivity contribution < 1.29 is 14.2 Å². The fourth-order valence-corrected chi connectivity index (χ4v) is 4.97. The molecule has 37 heavy (non-hydrogen) atoms. The second kappa shape index (κ2) is 11.4. The van der Waals surface area contributed by atoms with Gasteiger partial charge in [0.2, 0.25) is 0 Å². The lowest BCUT2D eigenvalue weighted by Gasteiger charge is -2.33. The lowest BCUT2D eigenvalue weighted by atomic mass is 9.88. The first-order valence-corrected chi connectivity index (χ1v) is 12.5. The number of aromatic nitrogens is 3. The van der Waals surface area contributed by atoms with Gasteiger partial charge in [0.05, 0.1) is 27.0 Å². The number of likely N-dealkylation sites (tertiary alicyclic amines) is 1. The van der Waals surface area contributed by atoms with Crippen LogP contribution in [0.15, 0.2) is 73.2 Å². The zero-order valence-electron chi connectivity index (χ0n) is 21.6. The van der Waals surface area contributed by atoms with Gasteiger partial charge in [-0.15, -0.1) is 0 Å². The summed E-state index contributed by atoms with van der Waals surface area (Å²) in [6.45, 7) is 2.76. The van der Waals surface area contributed by atoms with Crippen LogP contribution in [-0.4, -0.2) is 54.3 Å². The summed E-state index contributed by atoms with van der Waals surface area (Å²) in [6.07, 6.45) is 7.53. The molecular weight excluding hydrogens is 464 g/mol. The van der Waals surface area contributed by atoms with Gasteiger partial charge in [-0.1, -0.05) is 12.1 Å². The zero-order chi connectivity index (χ0) is 25.6. The van der Waals surface area contributed by atoms with E-state index in [2.05, 4.69) is 28.1 Å². The molecule has 1 aliphatic rings. The normalized spacial score (nSPS) is 14.4. The smallest absolute Gasteiger partial charge is 0.159 e. The Morgan fingerprint density at radius 1 is 0.838 bits per heavy atom. The summed E-state index contributed by atoms with van der Waals surface area (Å²) in [5.74, 6) is 3.61. The predicted octanol–water partition coefficient (Wildman–Crippen LogP) is 5.61. The highest BCUT2D eigenvalue weighted by Gasteiger charge is 2.26. The molecule has 3 heterocycles. The molecule has 0 aliphatic carbocycles. The van der Waals surface area contributed by atoms with Gasteiger partial charge < -0.3 is 14.2 Å². The Hall–Kier alpha value is -3.97. The van der Waals surface area contributed by atoms with Gasteiger partial charge in [-0.25, -0.2) is 9.97 Å². The Balaban J connectivity index is 1.41. The quantitative estimate of drug-likeness (QED) is 0.314. The van der Waals surface area contributed by atoms with Crippen LogP contribution >= 0.6 is 0 Å². The van der Waals surface area contributed by atoms with Crippen molar-refractivity contribution in [2.45, 2.75) is 25.3 Å². The van der Waals surface area contributed by atoms with Gasteiger partial charge >= 0.3 is 0 Å². The molecule has 0 bridgehead atoms. The maximum absolute atomic E-state index is 5.60. The molecule has 7 heteroatoms. The molecule has 2 aromatic carbocycles. The summed E-state index contributed by atoms with van der Waals surface area (Å²) in [5.41, 5.74) is 5.33. The topological polar surface area (TPSA) is 69.6 Å².